The van der Waals surface area contributed by atoms with Crippen LogP contribution >= 0.6 is 0 Å². The van der Waals surface area contributed by atoms with Gasteiger partial charge in [-0.15, -0.1) is 0 Å². The standard InChI is InChI=1S/C15H27F3N2O/c1-2-8-20(10-15(16,17)18)13-4-3-7-14(9-13,11-21)19-12-5-6-12/h12-13,19,21H,2-11H2,1H3. The van der Waals surface area contributed by atoms with Crippen LogP contribution in [0.3, 0.4) is 0 Å². The third-order valence-electron chi connectivity index (χ3n) is 4.62. The van der Waals surface area contributed by atoms with Gasteiger partial charge in [0, 0.05) is 17.6 Å². The van der Waals surface area contributed by atoms with Crippen molar-refractivity contribution < 1.29 is 18.3 Å². The van der Waals surface area contributed by atoms with Crippen LogP contribution in [0.4, 0.5) is 13.2 Å². The first kappa shape index (κ1) is 17.0. The van der Waals surface area contributed by atoms with Gasteiger partial charge in [-0.05, 0) is 51.5 Å². The SMILES string of the molecule is CCCN(CC(F)(F)F)C1CCCC(CO)(NC2CC2)C1. The lowest BCUT2D eigenvalue weighted by Gasteiger charge is -2.45. The molecule has 2 N–H and O–H groups in total. The lowest BCUT2D eigenvalue weighted by Crippen LogP contribution is -2.57. The molecule has 6 heteroatoms. The Kier molecular flexibility index (Phi) is 5.54. The van der Waals surface area contributed by atoms with E-state index in [4.69, 9.17) is 0 Å². The average molecular weight is 308 g/mol. The van der Waals surface area contributed by atoms with Gasteiger partial charge in [-0.3, -0.25) is 4.90 Å². The Bertz CT molecular complexity index is 333. The minimum atomic E-state index is -4.15. The number of hydrogen-bond donors (Lipinski definition) is 2. The zero-order valence-electron chi connectivity index (χ0n) is 12.8. The zero-order valence-corrected chi connectivity index (χ0v) is 12.8. The molecule has 0 aromatic carbocycles. The van der Waals surface area contributed by atoms with Gasteiger partial charge in [0.25, 0.3) is 0 Å². The summed E-state index contributed by atoms with van der Waals surface area (Å²) in [5.74, 6) is 0. The molecule has 0 aromatic heterocycles. The van der Waals surface area contributed by atoms with E-state index in [1.165, 1.54) is 0 Å². The van der Waals surface area contributed by atoms with Crippen LogP contribution in [0.5, 0.6) is 0 Å². The summed E-state index contributed by atoms with van der Waals surface area (Å²) in [6.07, 6.45) is 1.96. The minimum absolute atomic E-state index is 0.0198. The molecule has 0 spiro atoms. The average Bonchev–Trinajstić information content (AvgIpc) is 3.21. The van der Waals surface area contributed by atoms with Crippen molar-refractivity contribution in [2.75, 3.05) is 19.7 Å². The lowest BCUT2D eigenvalue weighted by molar-refractivity contribution is -0.153. The summed E-state index contributed by atoms with van der Waals surface area (Å²) in [6, 6.07) is 0.372. The summed E-state index contributed by atoms with van der Waals surface area (Å²) in [4.78, 5) is 1.57. The minimum Gasteiger partial charge on any atom is -0.394 e. The van der Waals surface area contributed by atoms with Crippen LogP contribution in [0.1, 0.15) is 51.9 Å². The Balaban J connectivity index is 2.01. The predicted octanol–water partition coefficient (Wildman–Crippen LogP) is 2.69. The second-order valence-electron chi connectivity index (χ2n) is 6.69. The molecule has 124 valence electrons. The van der Waals surface area contributed by atoms with E-state index in [1.807, 2.05) is 6.92 Å². The van der Waals surface area contributed by atoms with Crippen molar-refractivity contribution >= 4 is 0 Å². The van der Waals surface area contributed by atoms with Crippen LogP contribution in [-0.4, -0.2) is 53.5 Å². The number of hydrogen-bond acceptors (Lipinski definition) is 3. The second kappa shape index (κ2) is 6.84. The molecule has 2 unspecified atom stereocenters. The molecule has 0 bridgehead atoms. The topological polar surface area (TPSA) is 35.5 Å². The number of alkyl halides is 3. The molecular formula is C15H27F3N2O. The van der Waals surface area contributed by atoms with Gasteiger partial charge < -0.3 is 10.4 Å². The van der Waals surface area contributed by atoms with E-state index in [9.17, 15) is 18.3 Å². The predicted molar refractivity (Wildman–Crippen MR) is 76.1 cm³/mol. The fraction of sp³-hybridized carbons (Fsp3) is 1.00. The molecule has 2 rings (SSSR count). The summed E-state index contributed by atoms with van der Waals surface area (Å²) in [7, 11) is 0. The van der Waals surface area contributed by atoms with Gasteiger partial charge in [0.15, 0.2) is 0 Å². The quantitative estimate of drug-likeness (QED) is 0.759. The first-order valence-corrected chi connectivity index (χ1v) is 8.07. The van der Waals surface area contributed by atoms with Crippen molar-refractivity contribution in [1.82, 2.24) is 10.2 Å². The fourth-order valence-corrected chi connectivity index (χ4v) is 3.53. The molecule has 0 saturated heterocycles. The number of nitrogens with one attached hydrogen (secondary N) is 1. The molecule has 0 heterocycles. The van der Waals surface area contributed by atoms with Gasteiger partial charge in [-0.1, -0.05) is 6.92 Å². The first-order valence-electron chi connectivity index (χ1n) is 8.07. The maximum absolute atomic E-state index is 12.8. The molecule has 0 amide bonds. The van der Waals surface area contributed by atoms with Crippen LogP contribution < -0.4 is 5.32 Å². The Morgan fingerprint density at radius 3 is 2.52 bits per heavy atom. The summed E-state index contributed by atoms with van der Waals surface area (Å²) in [5.41, 5.74) is -0.373. The van der Waals surface area contributed by atoms with Gasteiger partial charge in [0.1, 0.15) is 0 Å². The maximum atomic E-state index is 12.8. The van der Waals surface area contributed by atoms with Crippen molar-refractivity contribution in [3.63, 3.8) is 0 Å². The molecule has 0 aliphatic heterocycles. The molecule has 21 heavy (non-hydrogen) atoms. The van der Waals surface area contributed by atoms with Gasteiger partial charge in [-0.25, -0.2) is 0 Å². The van der Waals surface area contributed by atoms with E-state index in [-0.39, 0.29) is 18.2 Å². The lowest BCUT2D eigenvalue weighted by atomic mass is 9.78. The molecule has 3 nitrogen and oxygen atoms in total. The Morgan fingerprint density at radius 1 is 1.29 bits per heavy atom. The summed E-state index contributed by atoms with van der Waals surface area (Å²) >= 11 is 0. The van der Waals surface area contributed by atoms with Crippen LogP contribution in [0.2, 0.25) is 0 Å². The molecule has 2 aliphatic rings. The number of aliphatic hydroxyl groups excluding tert-OH is 1. The van der Waals surface area contributed by atoms with Gasteiger partial charge >= 0.3 is 6.18 Å². The highest BCUT2D eigenvalue weighted by atomic mass is 19.4. The summed E-state index contributed by atoms with van der Waals surface area (Å²) < 4.78 is 38.3. The molecule has 2 fully saturated rings. The van der Waals surface area contributed by atoms with Crippen molar-refractivity contribution in [3.8, 4) is 0 Å². The fourth-order valence-electron chi connectivity index (χ4n) is 3.53. The smallest absolute Gasteiger partial charge is 0.394 e. The van der Waals surface area contributed by atoms with E-state index in [0.717, 1.165) is 38.5 Å². The Morgan fingerprint density at radius 2 is 2.00 bits per heavy atom. The summed E-state index contributed by atoms with van der Waals surface area (Å²) in [6.45, 7) is 1.56. The molecule has 2 saturated carbocycles. The third-order valence-corrected chi connectivity index (χ3v) is 4.62. The number of aliphatic hydroxyl groups is 1. The first-order chi connectivity index (χ1) is 9.87. The normalized spacial score (nSPS) is 30.9. The number of nitrogens with zero attached hydrogens (tertiary/aromatic N) is 1. The second-order valence-corrected chi connectivity index (χ2v) is 6.69. The van der Waals surface area contributed by atoms with Gasteiger partial charge in [0.2, 0.25) is 0 Å². The molecule has 0 radical (unpaired) electrons. The molecule has 0 aromatic rings. The molecule has 2 atom stereocenters. The highest BCUT2D eigenvalue weighted by Gasteiger charge is 2.43. The molecule has 2 aliphatic carbocycles. The zero-order chi connectivity index (χ0) is 15.5. The van der Waals surface area contributed by atoms with E-state index in [0.29, 0.717) is 19.0 Å². The van der Waals surface area contributed by atoms with E-state index >= 15 is 0 Å². The highest BCUT2D eigenvalue weighted by Crippen LogP contribution is 2.35. The summed E-state index contributed by atoms with van der Waals surface area (Å²) in [5, 5.41) is 13.3. The van der Waals surface area contributed by atoms with Crippen LogP contribution in [0, 0.1) is 0 Å². The van der Waals surface area contributed by atoms with Gasteiger partial charge in [0.05, 0.1) is 13.2 Å². The Hall–Kier alpha value is -0.330. The van der Waals surface area contributed by atoms with Crippen molar-refractivity contribution in [2.45, 2.75) is 75.7 Å². The Labute approximate surface area is 124 Å². The van der Waals surface area contributed by atoms with Crippen molar-refractivity contribution in [2.24, 2.45) is 0 Å². The monoisotopic (exact) mass is 308 g/mol. The highest BCUT2D eigenvalue weighted by molar-refractivity contribution is 5.00. The van der Waals surface area contributed by atoms with Crippen LogP contribution in [0.25, 0.3) is 0 Å². The van der Waals surface area contributed by atoms with E-state index < -0.39 is 12.7 Å². The van der Waals surface area contributed by atoms with E-state index in [1.54, 1.807) is 4.90 Å². The van der Waals surface area contributed by atoms with Gasteiger partial charge in [-0.2, -0.15) is 13.2 Å². The maximum Gasteiger partial charge on any atom is 0.401 e. The van der Waals surface area contributed by atoms with Crippen molar-refractivity contribution in [1.29, 1.82) is 0 Å². The van der Waals surface area contributed by atoms with Crippen molar-refractivity contribution in [3.05, 3.63) is 0 Å². The van der Waals surface area contributed by atoms with Crippen LogP contribution in [-0.2, 0) is 0 Å². The number of halogens is 3. The van der Waals surface area contributed by atoms with Crippen LogP contribution in [0.15, 0.2) is 0 Å². The molecular weight excluding hydrogens is 281 g/mol. The van der Waals surface area contributed by atoms with E-state index in [2.05, 4.69) is 5.32 Å². The number of rotatable bonds is 7. The largest absolute Gasteiger partial charge is 0.401 e. The third kappa shape index (κ3) is 5.11.